The highest BCUT2D eigenvalue weighted by Gasteiger charge is 2.21. The van der Waals surface area contributed by atoms with Crippen LogP contribution < -0.4 is 10.6 Å². The summed E-state index contributed by atoms with van der Waals surface area (Å²) in [6, 6.07) is 3.08. The number of hydrogen-bond donors (Lipinski definition) is 2. The lowest BCUT2D eigenvalue weighted by Gasteiger charge is -2.13. The van der Waals surface area contributed by atoms with E-state index in [0.717, 1.165) is 0 Å². The maximum atomic E-state index is 11.5. The van der Waals surface area contributed by atoms with Crippen LogP contribution in [0.15, 0.2) is 18.2 Å². The van der Waals surface area contributed by atoms with Crippen molar-refractivity contribution in [1.29, 1.82) is 0 Å². The summed E-state index contributed by atoms with van der Waals surface area (Å²) >= 11 is 0. The first-order valence-corrected chi connectivity index (χ1v) is 5.75. The molecule has 20 heavy (non-hydrogen) atoms. The van der Waals surface area contributed by atoms with Gasteiger partial charge in [0.2, 0.25) is 0 Å². The van der Waals surface area contributed by atoms with Crippen LogP contribution in [0.3, 0.4) is 0 Å². The molecule has 0 radical (unpaired) electrons. The molecule has 1 unspecified atom stereocenters. The average Bonchev–Trinajstić information content (AvgIpc) is 2.44. The summed E-state index contributed by atoms with van der Waals surface area (Å²) < 4.78 is 4.53. The van der Waals surface area contributed by atoms with Crippen molar-refractivity contribution in [3.63, 3.8) is 0 Å². The molecule has 108 valence electrons. The second kappa shape index (κ2) is 6.50. The van der Waals surface area contributed by atoms with E-state index in [2.05, 4.69) is 15.4 Å². The highest BCUT2D eigenvalue weighted by Crippen LogP contribution is 2.26. The van der Waals surface area contributed by atoms with E-state index in [0.29, 0.717) is 0 Å². The summed E-state index contributed by atoms with van der Waals surface area (Å²) in [5, 5.41) is 16.0. The largest absolute Gasteiger partial charge is 0.467 e. The smallest absolute Gasteiger partial charge is 0.327 e. The molecule has 8 nitrogen and oxygen atoms in total. The van der Waals surface area contributed by atoms with Gasteiger partial charge < -0.3 is 15.4 Å². The highest BCUT2D eigenvalue weighted by molar-refractivity contribution is 5.96. The Morgan fingerprint density at radius 2 is 2.05 bits per heavy atom. The summed E-state index contributed by atoms with van der Waals surface area (Å²) in [4.78, 5) is 33.2. The van der Waals surface area contributed by atoms with Gasteiger partial charge in [-0.25, -0.2) is 4.79 Å². The predicted octanol–water partition coefficient (Wildman–Crippen LogP) is 0.928. The number of methoxy groups -OCH3 is 1. The predicted molar refractivity (Wildman–Crippen MR) is 71.6 cm³/mol. The first-order chi connectivity index (χ1) is 9.40. The van der Waals surface area contributed by atoms with Gasteiger partial charge in [0.05, 0.1) is 12.0 Å². The van der Waals surface area contributed by atoms with Crippen LogP contribution in [0.4, 0.5) is 11.4 Å². The molecule has 2 N–H and O–H groups in total. The van der Waals surface area contributed by atoms with Gasteiger partial charge in [0.25, 0.3) is 11.6 Å². The molecule has 0 aliphatic heterocycles. The molecule has 0 saturated carbocycles. The zero-order valence-electron chi connectivity index (χ0n) is 11.3. The normalized spacial score (nSPS) is 11.3. The first-order valence-electron chi connectivity index (χ1n) is 5.75. The van der Waals surface area contributed by atoms with Gasteiger partial charge in [0.15, 0.2) is 0 Å². The van der Waals surface area contributed by atoms with Gasteiger partial charge in [0.1, 0.15) is 11.7 Å². The summed E-state index contributed by atoms with van der Waals surface area (Å²) in [7, 11) is 2.67. The van der Waals surface area contributed by atoms with Crippen molar-refractivity contribution in [1.82, 2.24) is 5.32 Å². The number of rotatable bonds is 5. The number of esters is 1. The number of nitro benzene ring substituents is 1. The number of benzene rings is 1. The van der Waals surface area contributed by atoms with Gasteiger partial charge in [-0.15, -0.1) is 0 Å². The Balaban J connectivity index is 3.15. The van der Waals surface area contributed by atoms with E-state index in [9.17, 15) is 19.7 Å². The van der Waals surface area contributed by atoms with Crippen LogP contribution in [0.1, 0.15) is 17.3 Å². The zero-order chi connectivity index (χ0) is 15.3. The standard InChI is InChI=1S/C12H15N3O5/c1-7(12(17)20-3)14-9-6-8(11(16)13-2)4-5-10(9)15(18)19/h4-7,14H,1-3H3,(H,13,16). The quantitative estimate of drug-likeness (QED) is 0.472. The SMILES string of the molecule is CNC(=O)c1ccc([N+](=O)[O-])c(NC(C)C(=O)OC)c1. The Morgan fingerprint density at radius 3 is 2.55 bits per heavy atom. The number of hydrogen-bond acceptors (Lipinski definition) is 6. The Kier molecular flexibility index (Phi) is 5.01. The van der Waals surface area contributed by atoms with Gasteiger partial charge >= 0.3 is 5.97 Å². The molecule has 0 heterocycles. The van der Waals surface area contributed by atoms with Crippen LogP contribution in [0, 0.1) is 10.1 Å². The molecule has 0 saturated heterocycles. The lowest BCUT2D eigenvalue weighted by molar-refractivity contribution is -0.384. The van der Waals surface area contributed by atoms with Crippen LogP contribution in [-0.2, 0) is 9.53 Å². The van der Waals surface area contributed by atoms with E-state index >= 15 is 0 Å². The number of anilines is 1. The molecule has 1 atom stereocenters. The maximum absolute atomic E-state index is 11.5. The zero-order valence-corrected chi connectivity index (χ0v) is 11.3. The molecule has 0 aliphatic carbocycles. The van der Waals surface area contributed by atoms with Crippen molar-refractivity contribution in [2.75, 3.05) is 19.5 Å². The number of nitrogens with zero attached hydrogens (tertiary/aromatic N) is 1. The molecule has 0 spiro atoms. The summed E-state index contributed by atoms with van der Waals surface area (Å²) in [5.74, 6) is -0.946. The Morgan fingerprint density at radius 1 is 1.40 bits per heavy atom. The van der Waals surface area contributed by atoms with Crippen LogP contribution >= 0.6 is 0 Å². The molecule has 1 aromatic rings. The van der Waals surface area contributed by atoms with Crippen molar-refractivity contribution in [3.05, 3.63) is 33.9 Å². The highest BCUT2D eigenvalue weighted by atomic mass is 16.6. The van der Waals surface area contributed by atoms with Gasteiger partial charge in [-0.1, -0.05) is 0 Å². The van der Waals surface area contributed by atoms with Gasteiger partial charge in [0, 0.05) is 18.7 Å². The van der Waals surface area contributed by atoms with Gasteiger partial charge in [-0.2, -0.15) is 0 Å². The number of ether oxygens (including phenoxy) is 1. The van der Waals surface area contributed by atoms with Crippen LogP contribution in [0.5, 0.6) is 0 Å². The molecular weight excluding hydrogens is 266 g/mol. The fraction of sp³-hybridized carbons (Fsp3) is 0.333. The molecule has 0 aromatic heterocycles. The lowest BCUT2D eigenvalue weighted by Crippen LogP contribution is -2.27. The van der Waals surface area contributed by atoms with E-state index in [1.807, 2.05) is 0 Å². The number of nitrogens with one attached hydrogen (secondary N) is 2. The van der Waals surface area contributed by atoms with Crippen molar-refractivity contribution in [3.8, 4) is 0 Å². The van der Waals surface area contributed by atoms with E-state index in [1.165, 1.54) is 39.3 Å². The monoisotopic (exact) mass is 281 g/mol. The van der Waals surface area contributed by atoms with Gasteiger partial charge in [-0.3, -0.25) is 14.9 Å². The minimum Gasteiger partial charge on any atom is -0.467 e. The molecular formula is C12H15N3O5. The molecule has 0 fully saturated rings. The molecule has 0 aliphatic rings. The van der Waals surface area contributed by atoms with E-state index in [4.69, 9.17) is 0 Å². The topological polar surface area (TPSA) is 111 Å². The second-order valence-electron chi connectivity index (χ2n) is 3.96. The molecule has 1 amide bonds. The van der Waals surface area contributed by atoms with Crippen molar-refractivity contribution in [2.24, 2.45) is 0 Å². The molecule has 1 aromatic carbocycles. The third-order valence-electron chi connectivity index (χ3n) is 2.61. The minimum atomic E-state index is -0.779. The second-order valence-corrected chi connectivity index (χ2v) is 3.96. The van der Waals surface area contributed by atoms with Crippen LogP contribution in [-0.4, -0.2) is 37.0 Å². The third-order valence-corrected chi connectivity index (χ3v) is 2.61. The van der Waals surface area contributed by atoms with E-state index < -0.39 is 16.9 Å². The van der Waals surface area contributed by atoms with Crippen LogP contribution in [0.2, 0.25) is 0 Å². The number of nitro groups is 1. The molecule has 0 bridgehead atoms. The fourth-order valence-corrected chi connectivity index (χ4v) is 1.57. The molecule has 8 heteroatoms. The third kappa shape index (κ3) is 3.44. The maximum Gasteiger partial charge on any atom is 0.327 e. The van der Waals surface area contributed by atoms with Gasteiger partial charge in [-0.05, 0) is 19.1 Å². The van der Waals surface area contributed by atoms with Crippen molar-refractivity contribution >= 4 is 23.3 Å². The molecule has 1 rings (SSSR count). The van der Waals surface area contributed by atoms with Crippen molar-refractivity contribution in [2.45, 2.75) is 13.0 Å². The number of amides is 1. The summed E-state index contributed by atoms with van der Waals surface area (Å²) in [5.41, 5.74) is 0.0973. The summed E-state index contributed by atoms with van der Waals surface area (Å²) in [6.45, 7) is 1.50. The Bertz CT molecular complexity index is 544. The van der Waals surface area contributed by atoms with E-state index in [1.54, 1.807) is 0 Å². The van der Waals surface area contributed by atoms with Crippen LogP contribution in [0.25, 0.3) is 0 Å². The summed E-state index contributed by atoms with van der Waals surface area (Å²) in [6.07, 6.45) is 0. The number of carbonyl (C=O) groups is 2. The Labute approximate surface area is 115 Å². The average molecular weight is 281 g/mol. The first kappa shape index (κ1) is 15.4. The number of carbonyl (C=O) groups excluding carboxylic acids is 2. The fourth-order valence-electron chi connectivity index (χ4n) is 1.57. The van der Waals surface area contributed by atoms with Crippen molar-refractivity contribution < 1.29 is 19.2 Å². The van der Waals surface area contributed by atoms with E-state index in [-0.39, 0.29) is 22.8 Å². The Hall–Kier alpha value is -2.64. The minimum absolute atomic E-state index is 0.0778. The lowest BCUT2D eigenvalue weighted by atomic mass is 10.1.